The molecule has 1 aliphatic carbocycles. The van der Waals surface area contributed by atoms with Gasteiger partial charge in [0.15, 0.2) is 0 Å². The van der Waals surface area contributed by atoms with Crippen molar-refractivity contribution in [1.82, 2.24) is 10.6 Å². The van der Waals surface area contributed by atoms with Gasteiger partial charge in [-0.15, -0.1) is 11.8 Å². The number of hydrogen-bond acceptors (Lipinski definition) is 4. The number of benzene rings is 3. The van der Waals surface area contributed by atoms with Crippen molar-refractivity contribution in [3.8, 4) is 0 Å². The Balaban J connectivity index is 1.45. The van der Waals surface area contributed by atoms with Crippen molar-refractivity contribution < 1.29 is 31.9 Å². The van der Waals surface area contributed by atoms with Crippen molar-refractivity contribution in [1.29, 1.82) is 0 Å². The molecule has 0 saturated heterocycles. The molecule has 1 aliphatic heterocycles. The lowest BCUT2D eigenvalue weighted by molar-refractivity contribution is -0.131. The molecule has 0 unspecified atom stereocenters. The number of carbonyl (C=O) groups excluding carboxylic acids is 3. The van der Waals surface area contributed by atoms with Crippen LogP contribution < -0.4 is 15.5 Å². The number of hydrogen-bond donors (Lipinski definition) is 2. The van der Waals surface area contributed by atoms with Crippen molar-refractivity contribution >= 4 is 35.2 Å². The highest BCUT2D eigenvalue weighted by atomic mass is 32.2. The summed E-state index contributed by atoms with van der Waals surface area (Å²) in [5.41, 5.74) is 0.654. The van der Waals surface area contributed by atoms with Gasteiger partial charge >= 0.3 is 0 Å². The third kappa shape index (κ3) is 7.04. The normalized spacial score (nSPS) is 19.7. The van der Waals surface area contributed by atoms with E-state index in [9.17, 15) is 27.6 Å². The summed E-state index contributed by atoms with van der Waals surface area (Å²) in [4.78, 5) is 42.9. The van der Waals surface area contributed by atoms with Gasteiger partial charge < -0.3 is 15.5 Å². The van der Waals surface area contributed by atoms with Gasteiger partial charge in [-0.2, -0.15) is 0 Å². The van der Waals surface area contributed by atoms with E-state index in [1.54, 1.807) is 17.0 Å². The number of fused-ring (bicyclic) bond motifs is 1. The lowest BCUT2D eigenvalue weighted by Gasteiger charge is -2.36. The average Bonchev–Trinajstić information content (AvgIpc) is 3.08. The van der Waals surface area contributed by atoms with Crippen LogP contribution in [0.3, 0.4) is 0 Å². The Labute approximate surface area is 251 Å². The van der Waals surface area contributed by atoms with Crippen LogP contribution in [0.4, 0.5) is 23.2 Å². The fraction of sp³-hybridized carbons (Fsp3) is 0.344. The summed E-state index contributed by atoms with van der Waals surface area (Å²) in [6, 6.07) is 10.4. The van der Waals surface area contributed by atoms with E-state index in [0.29, 0.717) is 16.6 Å². The predicted octanol–water partition coefficient (Wildman–Crippen LogP) is 5.99. The molecule has 2 aliphatic rings. The SMILES string of the molecule is C[C@H](NC(=O)Cc1cc(F)cc(F)c1)C(=O)N[C@@H]1C(=O)N(C2CCCCC2)c2ccccc2S[C@@H]1c1cc(F)ccc1F. The number of rotatable bonds is 7. The Morgan fingerprint density at radius 1 is 0.930 bits per heavy atom. The first-order valence-corrected chi connectivity index (χ1v) is 15.1. The highest BCUT2D eigenvalue weighted by Gasteiger charge is 2.43. The van der Waals surface area contributed by atoms with Gasteiger partial charge in [0.05, 0.1) is 17.4 Å². The quantitative estimate of drug-likeness (QED) is 0.321. The number of carbonyl (C=O) groups is 3. The maximum Gasteiger partial charge on any atom is 0.251 e. The van der Waals surface area contributed by atoms with Crippen molar-refractivity contribution in [3.63, 3.8) is 0 Å². The van der Waals surface area contributed by atoms with Crippen LogP contribution in [-0.4, -0.2) is 35.8 Å². The minimum Gasteiger partial charge on any atom is -0.344 e. The number of halogens is 4. The predicted molar refractivity (Wildman–Crippen MR) is 155 cm³/mol. The second-order valence-electron chi connectivity index (χ2n) is 10.9. The van der Waals surface area contributed by atoms with E-state index in [-0.39, 0.29) is 23.6 Å². The smallest absolute Gasteiger partial charge is 0.251 e. The van der Waals surface area contributed by atoms with Crippen LogP contribution in [0.5, 0.6) is 0 Å². The molecule has 1 fully saturated rings. The van der Waals surface area contributed by atoms with Gasteiger partial charge in [0.25, 0.3) is 5.91 Å². The summed E-state index contributed by atoms with van der Waals surface area (Å²) in [5.74, 6) is -4.94. The monoisotopic (exact) mass is 613 g/mol. The first kappa shape index (κ1) is 30.6. The number of nitrogens with one attached hydrogen (secondary N) is 2. The van der Waals surface area contributed by atoms with Crippen molar-refractivity contribution in [2.24, 2.45) is 0 Å². The van der Waals surface area contributed by atoms with Crippen molar-refractivity contribution in [2.45, 2.75) is 73.7 Å². The fourth-order valence-electron chi connectivity index (χ4n) is 5.72. The Hall–Kier alpha value is -3.86. The number of para-hydroxylation sites is 1. The highest BCUT2D eigenvalue weighted by molar-refractivity contribution is 7.99. The zero-order valence-electron chi connectivity index (χ0n) is 23.4. The van der Waals surface area contributed by atoms with Crippen LogP contribution in [0, 0.1) is 23.3 Å². The van der Waals surface area contributed by atoms with Gasteiger partial charge in [0, 0.05) is 22.6 Å². The Bertz CT molecular complexity index is 1510. The maximum absolute atomic E-state index is 15.2. The molecule has 3 atom stereocenters. The Morgan fingerprint density at radius 2 is 1.63 bits per heavy atom. The number of amides is 3. The molecule has 226 valence electrons. The molecule has 5 rings (SSSR count). The molecule has 2 N–H and O–H groups in total. The summed E-state index contributed by atoms with van der Waals surface area (Å²) >= 11 is 1.16. The fourth-order valence-corrected chi connectivity index (χ4v) is 7.07. The molecular weight excluding hydrogens is 582 g/mol. The highest BCUT2D eigenvalue weighted by Crippen LogP contribution is 2.47. The summed E-state index contributed by atoms with van der Waals surface area (Å²) in [5, 5.41) is 4.18. The van der Waals surface area contributed by atoms with Gasteiger partial charge in [-0.25, -0.2) is 17.6 Å². The average molecular weight is 614 g/mol. The molecule has 3 aromatic rings. The van der Waals surface area contributed by atoms with E-state index in [4.69, 9.17) is 0 Å². The van der Waals surface area contributed by atoms with Crippen LogP contribution in [0.15, 0.2) is 65.6 Å². The molecule has 0 radical (unpaired) electrons. The first-order chi connectivity index (χ1) is 20.6. The van der Waals surface area contributed by atoms with E-state index in [2.05, 4.69) is 10.6 Å². The van der Waals surface area contributed by atoms with Crippen LogP contribution >= 0.6 is 11.8 Å². The standard InChI is InChI=1S/C32H31F4N3O3S/c1-18(37-28(40)15-19-13-21(34)16-22(35)14-19)31(41)38-29-30(24-17-20(33)11-12-25(24)36)43-27-10-6-5-9-26(27)39(32(29)42)23-7-3-2-4-8-23/h5-6,9-14,16-18,23,29-30H,2-4,7-8,15H2,1H3,(H,37,40)(H,38,41)/t18-,29-,30+/m0/s1. The minimum atomic E-state index is -1.31. The lowest BCUT2D eigenvalue weighted by atomic mass is 9.92. The second-order valence-corrected chi connectivity index (χ2v) is 12.1. The zero-order valence-corrected chi connectivity index (χ0v) is 24.2. The molecule has 0 spiro atoms. The molecular formula is C32H31F4N3O3S. The van der Waals surface area contributed by atoms with E-state index in [1.165, 1.54) is 6.92 Å². The maximum atomic E-state index is 15.2. The largest absolute Gasteiger partial charge is 0.344 e. The molecule has 1 saturated carbocycles. The summed E-state index contributed by atoms with van der Waals surface area (Å²) in [6.07, 6.45) is 4.05. The molecule has 43 heavy (non-hydrogen) atoms. The lowest BCUT2D eigenvalue weighted by Crippen LogP contribution is -2.57. The van der Waals surface area contributed by atoms with Crippen molar-refractivity contribution in [2.75, 3.05) is 4.90 Å². The molecule has 3 amide bonds. The molecule has 1 heterocycles. The Kier molecular flexibility index (Phi) is 9.39. The third-order valence-corrected chi connectivity index (χ3v) is 9.12. The van der Waals surface area contributed by atoms with E-state index in [1.807, 2.05) is 12.1 Å². The molecule has 11 heteroatoms. The number of nitrogens with zero attached hydrogens (tertiary/aromatic N) is 1. The van der Waals surface area contributed by atoms with Crippen LogP contribution in [0.1, 0.15) is 55.4 Å². The van der Waals surface area contributed by atoms with Gasteiger partial charge in [0.2, 0.25) is 11.8 Å². The van der Waals surface area contributed by atoms with Crippen LogP contribution in [0.2, 0.25) is 0 Å². The zero-order chi connectivity index (χ0) is 30.7. The second kappa shape index (κ2) is 13.2. The van der Waals surface area contributed by atoms with Crippen molar-refractivity contribution in [3.05, 3.63) is 95.1 Å². The number of thioether (sulfide) groups is 1. The first-order valence-electron chi connectivity index (χ1n) is 14.2. The molecule has 3 aromatic carbocycles. The minimum absolute atomic E-state index is 0.0752. The summed E-state index contributed by atoms with van der Waals surface area (Å²) in [7, 11) is 0. The Morgan fingerprint density at radius 3 is 2.35 bits per heavy atom. The van der Waals surface area contributed by atoms with Gasteiger partial charge in [0.1, 0.15) is 35.4 Å². The third-order valence-electron chi connectivity index (χ3n) is 7.74. The summed E-state index contributed by atoms with van der Waals surface area (Å²) in [6.45, 7) is 1.40. The van der Waals surface area contributed by atoms with E-state index >= 15 is 4.39 Å². The van der Waals surface area contributed by atoms with E-state index in [0.717, 1.165) is 74.2 Å². The van der Waals surface area contributed by atoms with Gasteiger partial charge in [-0.3, -0.25) is 14.4 Å². The number of anilines is 1. The van der Waals surface area contributed by atoms with Gasteiger partial charge in [-0.1, -0.05) is 31.4 Å². The van der Waals surface area contributed by atoms with Crippen LogP contribution in [-0.2, 0) is 20.8 Å². The van der Waals surface area contributed by atoms with Gasteiger partial charge in [-0.05, 0) is 67.8 Å². The van der Waals surface area contributed by atoms with E-state index < -0.39 is 58.3 Å². The molecule has 0 bridgehead atoms. The molecule has 6 nitrogen and oxygen atoms in total. The van der Waals surface area contributed by atoms with Crippen LogP contribution in [0.25, 0.3) is 0 Å². The summed E-state index contributed by atoms with van der Waals surface area (Å²) < 4.78 is 56.8. The topological polar surface area (TPSA) is 78.5 Å². The molecule has 0 aromatic heterocycles.